The second kappa shape index (κ2) is 9.70. The van der Waals surface area contributed by atoms with E-state index in [1.165, 1.54) is 10.5 Å². The molecule has 1 aliphatic rings. The minimum atomic E-state index is -1.12. The van der Waals surface area contributed by atoms with E-state index < -0.39 is 10.8 Å². The molecule has 1 aliphatic heterocycles. The summed E-state index contributed by atoms with van der Waals surface area (Å²) in [5.74, 6) is -0.500. The van der Waals surface area contributed by atoms with Crippen LogP contribution in [-0.4, -0.2) is 45.6 Å². The molecule has 25 heavy (non-hydrogen) atoms. The van der Waals surface area contributed by atoms with E-state index in [0.717, 1.165) is 32.1 Å². The molecule has 1 unspecified atom stereocenters. The van der Waals surface area contributed by atoms with Crippen LogP contribution >= 0.6 is 0 Å². The number of hydrogen-bond donors (Lipinski definition) is 1. The molecular formula is C19H28N2O3S. The van der Waals surface area contributed by atoms with Gasteiger partial charge < -0.3 is 10.2 Å². The topological polar surface area (TPSA) is 66.5 Å². The first-order valence-electron chi connectivity index (χ1n) is 8.94. The third kappa shape index (κ3) is 5.66. The van der Waals surface area contributed by atoms with Crippen molar-refractivity contribution in [1.29, 1.82) is 0 Å². The predicted octanol–water partition coefficient (Wildman–Crippen LogP) is 2.09. The molecule has 1 aromatic carbocycles. The van der Waals surface area contributed by atoms with Gasteiger partial charge in [0.1, 0.15) is 11.9 Å². The van der Waals surface area contributed by atoms with Gasteiger partial charge in [-0.25, -0.2) is 0 Å². The number of amides is 2. The molecule has 3 atom stereocenters. The zero-order chi connectivity index (χ0) is 18.2. The Balaban J connectivity index is 1.54. The van der Waals surface area contributed by atoms with Gasteiger partial charge in [0.25, 0.3) is 0 Å². The maximum Gasteiger partial charge on any atom is 0.239 e. The van der Waals surface area contributed by atoms with Crippen LogP contribution in [0.5, 0.6) is 0 Å². The van der Waals surface area contributed by atoms with Gasteiger partial charge in [0.05, 0.1) is 5.92 Å². The molecular weight excluding hydrogens is 336 g/mol. The van der Waals surface area contributed by atoms with Crippen LogP contribution in [-0.2, 0) is 26.8 Å². The summed E-state index contributed by atoms with van der Waals surface area (Å²) in [4.78, 5) is 25.2. The van der Waals surface area contributed by atoms with Crippen molar-refractivity contribution in [3.63, 3.8) is 0 Å². The summed E-state index contributed by atoms with van der Waals surface area (Å²) in [6.07, 6.45) is 6.99. The van der Waals surface area contributed by atoms with Crippen molar-refractivity contribution in [2.45, 2.75) is 44.4 Å². The van der Waals surface area contributed by atoms with Crippen LogP contribution in [0.15, 0.2) is 30.3 Å². The summed E-state index contributed by atoms with van der Waals surface area (Å²) in [7, 11) is -1.12. The van der Waals surface area contributed by atoms with Crippen molar-refractivity contribution in [3.8, 4) is 0 Å². The number of aryl methyl sites for hydroxylation is 1. The molecule has 0 aromatic heterocycles. The SMILES string of the molecule is C[C@@H]1C(=O)N(CC(=O)NCCCCCCc2ccccc2)[C@H]1S(C)=O. The number of nitrogens with one attached hydrogen (secondary N) is 1. The van der Waals surface area contributed by atoms with Gasteiger partial charge in [0.2, 0.25) is 11.8 Å². The van der Waals surface area contributed by atoms with Crippen molar-refractivity contribution in [1.82, 2.24) is 10.2 Å². The number of nitrogens with zero attached hydrogens (tertiary/aromatic N) is 1. The largest absolute Gasteiger partial charge is 0.355 e. The molecule has 6 heteroatoms. The van der Waals surface area contributed by atoms with Crippen LogP contribution in [0.2, 0.25) is 0 Å². The van der Waals surface area contributed by atoms with E-state index >= 15 is 0 Å². The van der Waals surface area contributed by atoms with Crippen LogP contribution in [0.25, 0.3) is 0 Å². The van der Waals surface area contributed by atoms with E-state index in [-0.39, 0.29) is 29.7 Å². The Labute approximate surface area is 152 Å². The number of rotatable bonds is 10. The van der Waals surface area contributed by atoms with Crippen molar-refractivity contribution in [2.75, 3.05) is 19.3 Å². The van der Waals surface area contributed by atoms with Gasteiger partial charge in [-0.15, -0.1) is 0 Å². The van der Waals surface area contributed by atoms with E-state index in [1.807, 2.05) is 6.07 Å². The molecule has 1 fully saturated rings. The fourth-order valence-corrected chi connectivity index (χ4v) is 4.45. The summed E-state index contributed by atoms with van der Waals surface area (Å²) in [6, 6.07) is 10.4. The third-order valence-corrected chi connectivity index (χ3v) is 5.96. The van der Waals surface area contributed by atoms with Crippen LogP contribution in [0, 0.1) is 5.92 Å². The zero-order valence-electron chi connectivity index (χ0n) is 15.1. The van der Waals surface area contributed by atoms with Gasteiger partial charge in [0, 0.05) is 23.6 Å². The molecule has 1 heterocycles. The minimum absolute atomic E-state index is 0.0153. The lowest BCUT2D eigenvalue weighted by Crippen LogP contribution is -2.63. The fourth-order valence-electron chi connectivity index (χ4n) is 3.22. The van der Waals surface area contributed by atoms with Gasteiger partial charge in [0.15, 0.2) is 0 Å². The van der Waals surface area contributed by atoms with Gasteiger partial charge in [-0.05, 0) is 24.8 Å². The third-order valence-electron chi connectivity index (χ3n) is 4.62. The summed E-state index contributed by atoms with van der Waals surface area (Å²) >= 11 is 0. The molecule has 0 aliphatic carbocycles. The lowest BCUT2D eigenvalue weighted by molar-refractivity contribution is -0.152. The summed E-state index contributed by atoms with van der Waals surface area (Å²) in [5.41, 5.74) is 1.37. The molecule has 138 valence electrons. The second-order valence-corrected chi connectivity index (χ2v) is 8.12. The number of likely N-dealkylation sites (tertiary alicyclic amines) is 1. The molecule has 5 nitrogen and oxygen atoms in total. The average Bonchev–Trinajstić information content (AvgIpc) is 2.60. The molecule has 2 rings (SSSR count). The molecule has 0 radical (unpaired) electrons. The molecule has 2 amide bonds. The highest BCUT2D eigenvalue weighted by molar-refractivity contribution is 7.85. The molecule has 1 N–H and O–H groups in total. The molecule has 0 spiro atoms. The lowest BCUT2D eigenvalue weighted by atomic mass is 10.0. The summed E-state index contributed by atoms with van der Waals surface area (Å²) in [6.45, 7) is 2.40. The maximum absolute atomic E-state index is 11.9. The van der Waals surface area contributed by atoms with Crippen LogP contribution in [0.1, 0.15) is 38.2 Å². The highest BCUT2D eigenvalue weighted by Gasteiger charge is 2.47. The van der Waals surface area contributed by atoms with E-state index in [0.29, 0.717) is 6.54 Å². The average molecular weight is 365 g/mol. The van der Waals surface area contributed by atoms with E-state index in [1.54, 1.807) is 13.2 Å². The number of carbonyl (C=O) groups excluding carboxylic acids is 2. The first-order valence-corrected chi connectivity index (χ1v) is 10.6. The standard InChI is InChI=1S/C19H28N2O3S/c1-15-18(23)21(19(15)25(2)24)14-17(22)20-13-9-4-3-6-10-16-11-7-5-8-12-16/h5,7-8,11-12,15,19H,3-4,6,9-10,13-14H2,1-2H3,(H,20,22)/t15-,19+,25?/m1/s1. The molecule has 1 aromatic rings. The van der Waals surface area contributed by atoms with Crippen LogP contribution < -0.4 is 5.32 Å². The monoisotopic (exact) mass is 364 g/mol. The zero-order valence-corrected chi connectivity index (χ0v) is 15.9. The number of carbonyl (C=O) groups is 2. The smallest absolute Gasteiger partial charge is 0.239 e. The Morgan fingerprint density at radius 1 is 1.16 bits per heavy atom. The second-order valence-electron chi connectivity index (χ2n) is 6.64. The number of β-lactam (4-membered cyclic amide) rings is 1. The van der Waals surface area contributed by atoms with Crippen molar-refractivity contribution < 1.29 is 13.8 Å². The Kier molecular flexibility index (Phi) is 7.62. The predicted molar refractivity (Wildman–Crippen MR) is 100 cm³/mol. The van der Waals surface area contributed by atoms with Gasteiger partial charge >= 0.3 is 0 Å². The first kappa shape index (κ1) is 19.6. The van der Waals surface area contributed by atoms with Gasteiger partial charge in [-0.1, -0.05) is 50.1 Å². The van der Waals surface area contributed by atoms with E-state index in [2.05, 4.69) is 29.6 Å². The lowest BCUT2D eigenvalue weighted by Gasteiger charge is -2.43. The fraction of sp³-hybridized carbons (Fsp3) is 0.579. The Hall–Kier alpha value is -1.69. The first-order chi connectivity index (χ1) is 12.0. The maximum atomic E-state index is 11.9. The highest BCUT2D eigenvalue weighted by Crippen LogP contribution is 2.27. The number of hydrogen-bond acceptors (Lipinski definition) is 3. The molecule has 1 saturated heterocycles. The van der Waals surface area contributed by atoms with Crippen molar-refractivity contribution >= 4 is 22.6 Å². The van der Waals surface area contributed by atoms with Crippen LogP contribution in [0.3, 0.4) is 0 Å². The molecule has 0 bridgehead atoms. The quantitative estimate of drug-likeness (QED) is 0.511. The van der Waals surface area contributed by atoms with E-state index in [9.17, 15) is 13.8 Å². The summed E-state index contributed by atoms with van der Waals surface area (Å²) in [5, 5.41) is 2.53. The summed E-state index contributed by atoms with van der Waals surface area (Å²) < 4.78 is 11.6. The van der Waals surface area contributed by atoms with Gasteiger partial charge in [-0.2, -0.15) is 0 Å². The molecule has 0 saturated carbocycles. The highest BCUT2D eigenvalue weighted by atomic mass is 32.2. The minimum Gasteiger partial charge on any atom is -0.355 e. The van der Waals surface area contributed by atoms with Crippen molar-refractivity contribution in [2.24, 2.45) is 5.92 Å². The number of unbranched alkanes of at least 4 members (excludes halogenated alkanes) is 3. The Bertz CT molecular complexity index is 606. The van der Waals surface area contributed by atoms with Crippen LogP contribution in [0.4, 0.5) is 0 Å². The van der Waals surface area contributed by atoms with E-state index in [4.69, 9.17) is 0 Å². The van der Waals surface area contributed by atoms with Crippen molar-refractivity contribution in [3.05, 3.63) is 35.9 Å². The van der Waals surface area contributed by atoms with Gasteiger partial charge in [-0.3, -0.25) is 13.8 Å². The number of benzene rings is 1. The Morgan fingerprint density at radius 2 is 1.84 bits per heavy atom. The normalized spacial score (nSPS) is 20.9. The Morgan fingerprint density at radius 3 is 2.52 bits per heavy atom.